The number of primary amides is 1. The summed E-state index contributed by atoms with van der Waals surface area (Å²) in [5.41, 5.74) is 5.40. The molecule has 0 saturated heterocycles. The first-order valence-corrected chi connectivity index (χ1v) is 5.18. The Morgan fingerprint density at radius 3 is 2.86 bits per heavy atom. The van der Waals surface area contributed by atoms with E-state index in [1.165, 1.54) is 6.07 Å². The van der Waals surface area contributed by atoms with Crippen molar-refractivity contribution < 1.29 is 9.18 Å². The van der Waals surface area contributed by atoms with Gasteiger partial charge in [-0.1, -0.05) is 39.7 Å². The maximum absolute atomic E-state index is 13.3. The zero-order valence-corrected chi connectivity index (χ0v) is 9.48. The van der Waals surface area contributed by atoms with Crippen LogP contribution in [0.25, 0.3) is 0 Å². The Kier molecular flexibility index (Phi) is 3.89. The van der Waals surface area contributed by atoms with Crippen LogP contribution in [-0.2, 0) is 11.2 Å². The van der Waals surface area contributed by atoms with Crippen LogP contribution in [-0.4, -0.2) is 10.7 Å². The molecule has 0 aromatic heterocycles. The highest BCUT2D eigenvalue weighted by Crippen LogP contribution is 2.20. The predicted octanol–water partition coefficient (Wildman–Crippen LogP) is 2.27. The van der Waals surface area contributed by atoms with Gasteiger partial charge in [0.05, 0.1) is 9.85 Å². The van der Waals surface area contributed by atoms with Gasteiger partial charge in [0.15, 0.2) is 0 Å². The zero-order chi connectivity index (χ0) is 10.7. The molecule has 0 aliphatic heterocycles. The molecule has 1 amide bonds. The molecule has 0 aliphatic carbocycles. The molecule has 1 atom stereocenters. The number of carbonyl (C=O) groups is 1. The molecule has 1 rings (SSSR count). The summed E-state index contributed by atoms with van der Waals surface area (Å²) in [4.78, 5) is 10.1. The smallest absolute Gasteiger partial charge is 0.231 e. The number of amides is 1. The SMILES string of the molecule is NC(=O)C(Br)Cc1cccc(Cl)c1F. The fourth-order valence-electron chi connectivity index (χ4n) is 1.000. The van der Waals surface area contributed by atoms with Gasteiger partial charge in [-0.2, -0.15) is 0 Å². The van der Waals surface area contributed by atoms with E-state index < -0.39 is 16.6 Å². The number of rotatable bonds is 3. The summed E-state index contributed by atoms with van der Waals surface area (Å²) in [6.45, 7) is 0. The molecule has 2 nitrogen and oxygen atoms in total. The van der Waals surface area contributed by atoms with Crippen molar-refractivity contribution in [2.45, 2.75) is 11.2 Å². The predicted molar refractivity (Wildman–Crippen MR) is 57.0 cm³/mol. The Balaban J connectivity index is 2.87. The highest BCUT2D eigenvalue weighted by molar-refractivity contribution is 9.10. The largest absolute Gasteiger partial charge is 0.369 e. The van der Waals surface area contributed by atoms with E-state index in [1.54, 1.807) is 12.1 Å². The average molecular weight is 281 g/mol. The molecule has 0 saturated carbocycles. The lowest BCUT2D eigenvalue weighted by atomic mass is 10.1. The molecule has 1 aromatic rings. The molecule has 14 heavy (non-hydrogen) atoms. The van der Waals surface area contributed by atoms with E-state index >= 15 is 0 Å². The Bertz CT molecular complexity index is 359. The molecule has 1 unspecified atom stereocenters. The summed E-state index contributed by atoms with van der Waals surface area (Å²) >= 11 is 8.62. The molecule has 0 aliphatic rings. The van der Waals surface area contributed by atoms with Gasteiger partial charge in [0, 0.05) is 0 Å². The maximum Gasteiger partial charge on any atom is 0.231 e. The number of nitrogens with two attached hydrogens (primary N) is 1. The molecular weight excluding hydrogens is 272 g/mol. The van der Waals surface area contributed by atoms with Crippen molar-refractivity contribution in [1.82, 2.24) is 0 Å². The normalized spacial score (nSPS) is 12.5. The first kappa shape index (κ1) is 11.5. The van der Waals surface area contributed by atoms with Crippen LogP contribution in [0.1, 0.15) is 5.56 Å². The van der Waals surface area contributed by atoms with Gasteiger partial charge in [0.2, 0.25) is 5.91 Å². The number of halogens is 3. The summed E-state index contributed by atoms with van der Waals surface area (Å²) in [6, 6.07) is 4.65. The third-order valence-corrected chi connectivity index (χ3v) is 2.81. The summed E-state index contributed by atoms with van der Waals surface area (Å²) in [5, 5.41) is 0.0478. The molecule has 0 spiro atoms. The Labute approximate surface area is 94.4 Å². The minimum Gasteiger partial charge on any atom is -0.369 e. The zero-order valence-electron chi connectivity index (χ0n) is 7.14. The number of benzene rings is 1. The second-order valence-electron chi connectivity index (χ2n) is 2.79. The van der Waals surface area contributed by atoms with Crippen LogP contribution in [0.15, 0.2) is 18.2 Å². The molecule has 76 valence electrons. The second kappa shape index (κ2) is 4.75. The third-order valence-electron chi connectivity index (χ3n) is 1.74. The Morgan fingerprint density at radius 2 is 2.29 bits per heavy atom. The topological polar surface area (TPSA) is 43.1 Å². The Morgan fingerprint density at radius 1 is 1.64 bits per heavy atom. The lowest BCUT2D eigenvalue weighted by Gasteiger charge is -2.07. The minimum absolute atomic E-state index is 0.0478. The number of carbonyl (C=O) groups excluding carboxylic acids is 1. The lowest BCUT2D eigenvalue weighted by molar-refractivity contribution is -0.117. The first-order valence-electron chi connectivity index (χ1n) is 3.88. The van der Waals surface area contributed by atoms with Crippen LogP contribution >= 0.6 is 27.5 Å². The van der Waals surface area contributed by atoms with Crippen molar-refractivity contribution in [1.29, 1.82) is 0 Å². The molecule has 0 radical (unpaired) electrons. The second-order valence-corrected chi connectivity index (χ2v) is 4.30. The molecular formula is C9H8BrClFNO. The molecule has 2 N–H and O–H groups in total. The van der Waals surface area contributed by atoms with Gasteiger partial charge < -0.3 is 5.73 Å². The van der Waals surface area contributed by atoms with Gasteiger partial charge in [-0.3, -0.25) is 4.79 Å². The summed E-state index contributed by atoms with van der Waals surface area (Å²) < 4.78 is 13.3. The van der Waals surface area contributed by atoms with Crippen molar-refractivity contribution in [2.24, 2.45) is 5.73 Å². The molecule has 5 heteroatoms. The van der Waals surface area contributed by atoms with Crippen LogP contribution in [0.3, 0.4) is 0 Å². The minimum atomic E-state index is -0.574. The van der Waals surface area contributed by atoms with Crippen LogP contribution in [0.4, 0.5) is 4.39 Å². The van der Waals surface area contributed by atoms with Crippen molar-refractivity contribution >= 4 is 33.4 Å². The van der Waals surface area contributed by atoms with Crippen LogP contribution in [0, 0.1) is 5.82 Å². The number of hydrogen-bond donors (Lipinski definition) is 1. The number of hydrogen-bond acceptors (Lipinski definition) is 1. The van der Waals surface area contributed by atoms with Crippen LogP contribution in [0.2, 0.25) is 5.02 Å². The van der Waals surface area contributed by atoms with Gasteiger partial charge >= 0.3 is 0 Å². The molecule has 0 heterocycles. The molecule has 1 aromatic carbocycles. The summed E-state index contributed by atoms with van der Waals surface area (Å²) in [6.07, 6.45) is 0.196. The number of alkyl halides is 1. The average Bonchev–Trinajstić information content (AvgIpc) is 2.12. The highest BCUT2D eigenvalue weighted by Gasteiger charge is 2.15. The van der Waals surface area contributed by atoms with E-state index in [0.29, 0.717) is 5.56 Å². The Hall–Kier alpha value is -0.610. The highest BCUT2D eigenvalue weighted by atomic mass is 79.9. The lowest BCUT2D eigenvalue weighted by Crippen LogP contribution is -2.25. The summed E-state index contributed by atoms with van der Waals surface area (Å²) in [7, 11) is 0. The van der Waals surface area contributed by atoms with E-state index in [4.69, 9.17) is 17.3 Å². The van der Waals surface area contributed by atoms with Crippen LogP contribution in [0.5, 0.6) is 0 Å². The van der Waals surface area contributed by atoms with Crippen molar-refractivity contribution in [3.8, 4) is 0 Å². The van der Waals surface area contributed by atoms with E-state index in [0.717, 1.165) is 0 Å². The standard InChI is InChI=1S/C9H8BrClFNO/c10-6(9(13)14)4-5-2-1-3-7(11)8(5)12/h1-3,6H,4H2,(H2,13,14). The van der Waals surface area contributed by atoms with Gasteiger partial charge in [0.25, 0.3) is 0 Å². The van der Waals surface area contributed by atoms with E-state index in [1.807, 2.05) is 0 Å². The van der Waals surface area contributed by atoms with E-state index in [9.17, 15) is 9.18 Å². The van der Waals surface area contributed by atoms with Crippen molar-refractivity contribution in [3.05, 3.63) is 34.6 Å². The van der Waals surface area contributed by atoms with E-state index in [-0.39, 0.29) is 11.4 Å². The van der Waals surface area contributed by atoms with Crippen molar-refractivity contribution in [2.75, 3.05) is 0 Å². The molecule has 0 bridgehead atoms. The first-order chi connectivity index (χ1) is 6.52. The van der Waals surface area contributed by atoms with Crippen molar-refractivity contribution in [3.63, 3.8) is 0 Å². The maximum atomic E-state index is 13.3. The monoisotopic (exact) mass is 279 g/mol. The summed E-state index contributed by atoms with van der Waals surface area (Å²) in [5.74, 6) is -1.02. The van der Waals surface area contributed by atoms with Gasteiger partial charge in [0.1, 0.15) is 5.82 Å². The van der Waals surface area contributed by atoms with E-state index in [2.05, 4.69) is 15.9 Å². The quantitative estimate of drug-likeness (QED) is 0.848. The third kappa shape index (κ3) is 2.69. The fraction of sp³-hybridized carbons (Fsp3) is 0.222. The molecule has 0 fully saturated rings. The van der Waals surface area contributed by atoms with Gasteiger partial charge in [-0.25, -0.2) is 4.39 Å². The fourth-order valence-corrected chi connectivity index (χ4v) is 1.54. The van der Waals surface area contributed by atoms with Gasteiger partial charge in [-0.05, 0) is 18.1 Å². The van der Waals surface area contributed by atoms with Crippen LogP contribution < -0.4 is 5.73 Å². The van der Waals surface area contributed by atoms with Gasteiger partial charge in [-0.15, -0.1) is 0 Å².